The molecule has 1 heterocycles. The molecule has 14 heavy (non-hydrogen) atoms. The van der Waals surface area contributed by atoms with Gasteiger partial charge in [-0.1, -0.05) is 6.07 Å². The molecule has 3 heteroatoms. The largest absolute Gasteiger partial charge is 0.324 e. The molecule has 2 N–H and O–H groups in total. The Kier molecular flexibility index (Phi) is 1.55. The molecule has 70 valence electrons. The van der Waals surface area contributed by atoms with Crippen LogP contribution in [0.2, 0.25) is 0 Å². The molecule has 0 saturated heterocycles. The molecule has 1 atom stereocenters. The molecule has 0 radical (unpaired) electrons. The minimum Gasteiger partial charge on any atom is -0.324 e. The van der Waals surface area contributed by atoms with Crippen LogP contribution in [0.1, 0.15) is 23.6 Å². The molecule has 0 amide bonds. The zero-order valence-corrected chi connectivity index (χ0v) is 7.77. The van der Waals surface area contributed by atoms with Gasteiger partial charge in [0.2, 0.25) is 0 Å². The van der Waals surface area contributed by atoms with Gasteiger partial charge >= 0.3 is 0 Å². The number of benzene rings is 1. The Labute approximate surface area is 82.0 Å². The number of hydrogen-bond donors (Lipinski definition) is 1. The molecule has 0 saturated carbocycles. The maximum atomic E-state index is 5.99. The van der Waals surface area contributed by atoms with E-state index < -0.39 is 0 Å². The topological polar surface area (TPSA) is 51.8 Å². The fraction of sp³-hybridized carbons (Fsp3) is 0.273. The van der Waals surface area contributed by atoms with Gasteiger partial charge in [0.1, 0.15) is 0 Å². The Morgan fingerprint density at radius 2 is 2.07 bits per heavy atom. The van der Waals surface area contributed by atoms with Gasteiger partial charge in [0.05, 0.1) is 11.0 Å². The lowest BCUT2D eigenvalue weighted by atomic mass is 10.1. The Morgan fingerprint density at radius 3 is 3.00 bits per heavy atom. The van der Waals surface area contributed by atoms with Crippen molar-refractivity contribution in [2.24, 2.45) is 5.73 Å². The third-order valence-corrected chi connectivity index (χ3v) is 2.89. The highest BCUT2D eigenvalue weighted by molar-refractivity contribution is 5.79. The zero-order valence-electron chi connectivity index (χ0n) is 7.77. The summed E-state index contributed by atoms with van der Waals surface area (Å²) in [4.78, 5) is 8.65. The van der Waals surface area contributed by atoms with Gasteiger partial charge in [0, 0.05) is 18.4 Å². The zero-order chi connectivity index (χ0) is 9.54. The lowest BCUT2D eigenvalue weighted by Gasteiger charge is -2.05. The molecule has 2 aromatic rings. The molecule has 1 aromatic heterocycles. The fourth-order valence-corrected chi connectivity index (χ4v) is 2.17. The van der Waals surface area contributed by atoms with Crippen molar-refractivity contribution in [1.29, 1.82) is 0 Å². The van der Waals surface area contributed by atoms with Crippen molar-refractivity contribution >= 4 is 11.0 Å². The summed E-state index contributed by atoms with van der Waals surface area (Å²) in [5, 5.41) is 0. The molecule has 0 fully saturated rings. The molecule has 0 aliphatic heterocycles. The van der Waals surface area contributed by atoms with E-state index in [0.29, 0.717) is 0 Å². The molecular weight excluding hydrogens is 174 g/mol. The third-order valence-electron chi connectivity index (χ3n) is 2.89. The molecule has 1 aliphatic carbocycles. The second kappa shape index (κ2) is 2.75. The lowest BCUT2D eigenvalue weighted by Crippen LogP contribution is -2.05. The monoisotopic (exact) mass is 185 g/mol. The van der Waals surface area contributed by atoms with Gasteiger partial charge in [0.25, 0.3) is 0 Å². The quantitative estimate of drug-likeness (QED) is 0.677. The number of nitrogens with zero attached hydrogens (tertiary/aromatic N) is 2. The van der Waals surface area contributed by atoms with Gasteiger partial charge in [-0.2, -0.15) is 0 Å². The van der Waals surface area contributed by atoms with Crippen LogP contribution in [-0.2, 0) is 6.42 Å². The summed E-state index contributed by atoms with van der Waals surface area (Å²) in [6, 6.07) is 4.28. The van der Waals surface area contributed by atoms with Crippen LogP contribution in [0.3, 0.4) is 0 Å². The number of aryl methyl sites for hydroxylation is 1. The third kappa shape index (κ3) is 0.960. The van der Waals surface area contributed by atoms with E-state index >= 15 is 0 Å². The Bertz CT molecular complexity index is 493. The summed E-state index contributed by atoms with van der Waals surface area (Å²) in [5.74, 6) is 0. The number of rotatable bonds is 0. The minimum absolute atomic E-state index is 0.191. The summed E-state index contributed by atoms with van der Waals surface area (Å²) in [6.07, 6.45) is 5.54. The first kappa shape index (κ1) is 7.88. The predicted molar refractivity (Wildman–Crippen MR) is 54.8 cm³/mol. The van der Waals surface area contributed by atoms with Gasteiger partial charge in [-0.3, -0.25) is 9.97 Å². The van der Waals surface area contributed by atoms with E-state index in [0.717, 1.165) is 23.9 Å². The molecule has 0 unspecified atom stereocenters. The van der Waals surface area contributed by atoms with E-state index in [1.54, 1.807) is 12.4 Å². The first-order chi connectivity index (χ1) is 6.86. The summed E-state index contributed by atoms with van der Waals surface area (Å²) in [6.45, 7) is 0. The second-order valence-corrected chi connectivity index (χ2v) is 3.70. The first-order valence-corrected chi connectivity index (χ1v) is 4.84. The van der Waals surface area contributed by atoms with Crippen molar-refractivity contribution in [1.82, 2.24) is 9.97 Å². The van der Waals surface area contributed by atoms with Crippen LogP contribution in [-0.4, -0.2) is 9.97 Å². The maximum Gasteiger partial charge on any atom is 0.0922 e. The average Bonchev–Trinajstić information content (AvgIpc) is 2.61. The average molecular weight is 185 g/mol. The van der Waals surface area contributed by atoms with Crippen molar-refractivity contribution < 1.29 is 0 Å². The first-order valence-electron chi connectivity index (χ1n) is 4.84. The highest BCUT2D eigenvalue weighted by Gasteiger charge is 2.21. The van der Waals surface area contributed by atoms with Gasteiger partial charge in [-0.25, -0.2) is 0 Å². The number of nitrogens with two attached hydrogens (primary N) is 1. The van der Waals surface area contributed by atoms with Crippen LogP contribution >= 0.6 is 0 Å². The summed E-state index contributed by atoms with van der Waals surface area (Å²) < 4.78 is 0. The molecule has 3 nitrogen and oxygen atoms in total. The number of aromatic nitrogens is 2. The normalized spacial score (nSPS) is 19.9. The van der Waals surface area contributed by atoms with Crippen molar-refractivity contribution in [3.05, 3.63) is 35.7 Å². The Hall–Kier alpha value is -1.48. The van der Waals surface area contributed by atoms with Crippen LogP contribution in [0.5, 0.6) is 0 Å². The van der Waals surface area contributed by atoms with Crippen LogP contribution in [0.4, 0.5) is 0 Å². The van der Waals surface area contributed by atoms with E-state index in [9.17, 15) is 0 Å². The van der Waals surface area contributed by atoms with Gasteiger partial charge in [-0.15, -0.1) is 0 Å². The second-order valence-electron chi connectivity index (χ2n) is 3.70. The van der Waals surface area contributed by atoms with Crippen molar-refractivity contribution in [3.63, 3.8) is 0 Å². The minimum atomic E-state index is 0.191. The van der Waals surface area contributed by atoms with Crippen LogP contribution in [0.25, 0.3) is 11.0 Å². The van der Waals surface area contributed by atoms with E-state index in [4.69, 9.17) is 5.73 Å². The smallest absolute Gasteiger partial charge is 0.0922 e. The van der Waals surface area contributed by atoms with Crippen LogP contribution in [0.15, 0.2) is 24.5 Å². The summed E-state index contributed by atoms with van der Waals surface area (Å²) >= 11 is 0. The molecular formula is C11H11N3. The molecule has 3 rings (SSSR count). The predicted octanol–water partition coefficient (Wildman–Crippen LogP) is 1.58. The molecule has 0 bridgehead atoms. The van der Waals surface area contributed by atoms with Crippen molar-refractivity contribution in [3.8, 4) is 0 Å². The Balaban J connectivity index is 2.38. The van der Waals surface area contributed by atoms with Crippen LogP contribution in [0, 0.1) is 0 Å². The SMILES string of the molecule is N[C@@H]1CCc2c1ccc1nccnc21. The van der Waals surface area contributed by atoms with Crippen LogP contribution < -0.4 is 5.73 Å². The van der Waals surface area contributed by atoms with Gasteiger partial charge in [0.15, 0.2) is 0 Å². The fourth-order valence-electron chi connectivity index (χ4n) is 2.17. The van der Waals surface area contributed by atoms with Crippen molar-refractivity contribution in [2.75, 3.05) is 0 Å². The summed E-state index contributed by atoms with van der Waals surface area (Å²) in [5.41, 5.74) is 10.5. The lowest BCUT2D eigenvalue weighted by molar-refractivity contribution is 0.713. The highest BCUT2D eigenvalue weighted by Crippen LogP contribution is 2.32. The highest BCUT2D eigenvalue weighted by atomic mass is 14.8. The van der Waals surface area contributed by atoms with E-state index in [1.807, 2.05) is 6.07 Å². The molecule has 0 spiro atoms. The Morgan fingerprint density at radius 1 is 1.21 bits per heavy atom. The molecule has 1 aliphatic rings. The standard InChI is InChI=1S/C11H11N3/c12-9-3-1-8-7(9)2-4-10-11(8)14-6-5-13-10/h2,4-6,9H,1,3,12H2/t9-/m1/s1. The van der Waals surface area contributed by atoms with E-state index in [-0.39, 0.29) is 6.04 Å². The number of fused-ring (bicyclic) bond motifs is 3. The molecule has 1 aromatic carbocycles. The van der Waals surface area contributed by atoms with Gasteiger partial charge < -0.3 is 5.73 Å². The summed E-state index contributed by atoms with van der Waals surface area (Å²) in [7, 11) is 0. The number of hydrogen-bond acceptors (Lipinski definition) is 3. The maximum absolute atomic E-state index is 5.99. The van der Waals surface area contributed by atoms with E-state index in [1.165, 1.54) is 11.1 Å². The van der Waals surface area contributed by atoms with E-state index in [2.05, 4.69) is 16.0 Å². The van der Waals surface area contributed by atoms with Gasteiger partial charge in [-0.05, 0) is 30.0 Å². The van der Waals surface area contributed by atoms with Crippen molar-refractivity contribution in [2.45, 2.75) is 18.9 Å².